The fraction of sp³-hybridized carbons (Fsp3) is 0.316. The first-order valence-corrected chi connectivity index (χ1v) is 10.7. The maximum atomic E-state index is 12.7. The van der Waals surface area contributed by atoms with Crippen molar-refractivity contribution in [1.82, 2.24) is 4.31 Å². The fourth-order valence-electron chi connectivity index (χ4n) is 3.17. The smallest absolute Gasteiger partial charge is 0.218 e. The first-order chi connectivity index (χ1) is 12.4. The Kier molecular flexibility index (Phi) is 6.03. The summed E-state index contributed by atoms with van der Waals surface area (Å²) < 4.78 is 26.8. The quantitative estimate of drug-likeness (QED) is 0.684. The molecular formula is C19H19Cl2NO3S. The Morgan fingerprint density at radius 1 is 1.00 bits per heavy atom. The Hall–Kier alpha value is -1.40. The third-order valence-electron chi connectivity index (χ3n) is 4.61. The van der Waals surface area contributed by atoms with Gasteiger partial charge in [0.1, 0.15) is 0 Å². The van der Waals surface area contributed by atoms with Gasteiger partial charge in [-0.3, -0.25) is 4.79 Å². The molecule has 0 N–H and O–H groups in total. The van der Waals surface area contributed by atoms with Crippen LogP contribution in [0.2, 0.25) is 10.0 Å². The van der Waals surface area contributed by atoms with Crippen LogP contribution < -0.4 is 0 Å². The van der Waals surface area contributed by atoms with Crippen LogP contribution in [0.15, 0.2) is 48.5 Å². The van der Waals surface area contributed by atoms with E-state index in [1.807, 2.05) is 18.2 Å². The number of carbonyl (C=O) groups excluding carboxylic acids is 1. The average molecular weight is 412 g/mol. The number of sulfonamides is 1. The summed E-state index contributed by atoms with van der Waals surface area (Å²) >= 11 is 11.8. The lowest BCUT2D eigenvalue weighted by Crippen LogP contribution is -2.40. The van der Waals surface area contributed by atoms with Crippen molar-refractivity contribution in [3.63, 3.8) is 0 Å². The van der Waals surface area contributed by atoms with E-state index in [1.54, 1.807) is 30.3 Å². The number of carbonyl (C=O) groups is 1. The molecule has 1 aliphatic rings. The third kappa shape index (κ3) is 4.46. The minimum atomic E-state index is -3.46. The summed E-state index contributed by atoms with van der Waals surface area (Å²) in [5.41, 5.74) is 1.28. The van der Waals surface area contributed by atoms with Gasteiger partial charge >= 0.3 is 0 Å². The van der Waals surface area contributed by atoms with Crippen molar-refractivity contribution in [2.45, 2.75) is 18.6 Å². The Morgan fingerprint density at radius 3 is 2.27 bits per heavy atom. The van der Waals surface area contributed by atoms with Gasteiger partial charge in [-0.15, -0.1) is 0 Å². The number of hydrogen-bond donors (Lipinski definition) is 0. The van der Waals surface area contributed by atoms with Crippen molar-refractivity contribution in [2.24, 2.45) is 5.92 Å². The number of Topliss-reactive ketones (excluding diaryl/α,β-unsaturated/α-hetero) is 1. The van der Waals surface area contributed by atoms with Crippen LogP contribution in [0.5, 0.6) is 0 Å². The fourth-order valence-corrected chi connectivity index (χ4v) is 5.04. The van der Waals surface area contributed by atoms with Gasteiger partial charge in [-0.05, 0) is 30.5 Å². The molecule has 3 rings (SSSR count). The van der Waals surface area contributed by atoms with Gasteiger partial charge in [0.2, 0.25) is 10.0 Å². The van der Waals surface area contributed by atoms with Gasteiger partial charge < -0.3 is 0 Å². The SMILES string of the molecule is O=C(c1ccccc1)C1CCN(S(=O)(=O)Cc2ccc(Cl)c(Cl)c2)CC1. The second-order valence-corrected chi connectivity index (χ2v) is 9.19. The average Bonchev–Trinajstić information content (AvgIpc) is 2.65. The summed E-state index contributed by atoms with van der Waals surface area (Å²) in [6.07, 6.45) is 1.07. The molecule has 26 heavy (non-hydrogen) atoms. The van der Waals surface area contributed by atoms with Gasteiger partial charge in [0, 0.05) is 24.6 Å². The van der Waals surface area contributed by atoms with Gasteiger partial charge in [0.15, 0.2) is 5.78 Å². The summed E-state index contributed by atoms with van der Waals surface area (Å²) in [6.45, 7) is 0.708. The zero-order valence-electron chi connectivity index (χ0n) is 14.1. The predicted octanol–water partition coefficient (Wildman–Crippen LogP) is 4.42. The second-order valence-electron chi connectivity index (χ2n) is 6.41. The minimum Gasteiger partial charge on any atom is -0.294 e. The van der Waals surface area contributed by atoms with Crippen LogP contribution >= 0.6 is 23.2 Å². The lowest BCUT2D eigenvalue weighted by molar-refractivity contribution is 0.0875. The molecular weight excluding hydrogens is 393 g/mol. The molecule has 0 atom stereocenters. The molecule has 7 heteroatoms. The number of piperidine rings is 1. The van der Waals surface area contributed by atoms with E-state index in [9.17, 15) is 13.2 Å². The highest BCUT2D eigenvalue weighted by atomic mass is 35.5. The molecule has 1 fully saturated rings. The zero-order chi connectivity index (χ0) is 18.7. The summed E-state index contributed by atoms with van der Waals surface area (Å²) in [7, 11) is -3.46. The van der Waals surface area contributed by atoms with Crippen molar-refractivity contribution in [1.29, 1.82) is 0 Å². The lowest BCUT2D eigenvalue weighted by Gasteiger charge is -2.30. The largest absolute Gasteiger partial charge is 0.294 e. The third-order valence-corrected chi connectivity index (χ3v) is 7.20. The number of rotatable bonds is 5. The van der Waals surface area contributed by atoms with Gasteiger partial charge in [-0.25, -0.2) is 12.7 Å². The normalized spacial score (nSPS) is 16.5. The van der Waals surface area contributed by atoms with E-state index in [0.717, 1.165) is 0 Å². The van der Waals surface area contributed by atoms with Crippen LogP contribution in [-0.2, 0) is 15.8 Å². The first-order valence-electron chi connectivity index (χ1n) is 8.38. The Bertz CT molecular complexity index is 892. The van der Waals surface area contributed by atoms with E-state index in [0.29, 0.717) is 47.1 Å². The zero-order valence-corrected chi connectivity index (χ0v) is 16.4. The van der Waals surface area contributed by atoms with Crippen molar-refractivity contribution >= 4 is 39.0 Å². The number of nitrogens with zero attached hydrogens (tertiary/aromatic N) is 1. The maximum absolute atomic E-state index is 12.7. The standard InChI is InChI=1S/C19H19Cl2NO3S/c20-17-7-6-14(12-18(17)21)13-26(24,25)22-10-8-16(9-11-22)19(23)15-4-2-1-3-5-15/h1-7,12,16H,8-11,13H2. The minimum absolute atomic E-state index is 0.0899. The molecule has 0 radical (unpaired) electrons. The molecule has 4 nitrogen and oxygen atoms in total. The number of halogens is 2. The highest BCUT2D eigenvalue weighted by Crippen LogP contribution is 2.27. The van der Waals surface area contributed by atoms with E-state index in [2.05, 4.69) is 0 Å². The second kappa shape index (κ2) is 8.09. The van der Waals surface area contributed by atoms with Gasteiger partial charge in [0.25, 0.3) is 0 Å². The Balaban J connectivity index is 1.63. The van der Waals surface area contributed by atoms with Crippen molar-refractivity contribution in [3.05, 3.63) is 69.7 Å². The molecule has 1 heterocycles. The van der Waals surface area contributed by atoms with Crippen LogP contribution in [0, 0.1) is 5.92 Å². The molecule has 0 spiro atoms. The van der Waals surface area contributed by atoms with Crippen molar-refractivity contribution < 1.29 is 13.2 Å². The summed E-state index contributed by atoms with van der Waals surface area (Å²) in [5.74, 6) is -0.165. The summed E-state index contributed by atoms with van der Waals surface area (Å²) in [4.78, 5) is 12.5. The molecule has 0 amide bonds. The Labute approximate surface area is 163 Å². The molecule has 0 bridgehead atoms. The first kappa shape index (κ1) is 19.4. The molecule has 2 aromatic rings. The predicted molar refractivity (Wildman–Crippen MR) is 104 cm³/mol. The van der Waals surface area contributed by atoms with Crippen LogP contribution in [0.4, 0.5) is 0 Å². The van der Waals surface area contributed by atoms with E-state index in [-0.39, 0.29) is 17.5 Å². The van der Waals surface area contributed by atoms with Crippen LogP contribution in [0.3, 0.4) is 0 Å². The summed E-state index contributed by atoms with van der Waals surface area (Å²) in [5, 5.41) is 0.736. The van der Waals surface area contributed by atoms with Gasteiger partial charge in [-0.2, -0.15) is 0 Å². The van der Waals surface area contributed by atoms with Gasteiger partial charge in [-0.1, -0.05) is 59.6 Å². The highest BCUT2D eigenvalue weighted by Gasteiger charge is 2.31. The monoisotopic (exact) mass is 411 g/mol. The van der Waals surface area contributed by atoms with E-state index in [1.165, 1.54) is 4.31 Å². The molecule has 0 aromatic heterocycles. The molecule has 138 valence electrons. The number of benzene rings is 2. The molecule has 1 aliphatic heterocycles. The molecule has 2 aromatic carbocycles. The van der Waals surface area contributed by atoms with E-state index < -0.39 is 10.0 Å². The summed E-state index contributed by atoms with van der Waals surface area (Å²) in [6, 6.07) is 14.0. The van der Waals surface area contributed by atoms with Crippen molar-refractivity contribution in [2.75, 3.05) is 13.1 Å². The molecule has 1 saturated heterocycles. The Morgan fingerprint density at radius 2 is 1.65 bits per heavy atom. The van der Waals surface area contributed by atoms with Crippen LogP contribution in [0.1, 0.15) is 28.8 Å². The topological polar surface area (TPSA) is 54.5 Å². The number of hydrogen-bond acceptors (Lipinski definition) is 3. The number of ketones is 1. The highest BCUT2D eigenvalue weighted by molar-refractivity contribution is 7.88. The molecule has 0 saturated carbocycles. The van der Waals surface area contributed by atoms with Gasteiger partial charge in [0.05, 0.1) is 15.8 Å². The molecule has 0 aliphatic carbocycles. The van der Waals surface area contributed by atoms with Crippen LogP contribution in [0.25, 0.3) is 0 Å². The maximum Gasteiger partial charge on any atom is 0.218 e. The van der Waals surface area contributed by atoms with E-state index >= 15 is 0 Å². The molecule has 0 unspecified atom stereocenters. The van der Waals surface area contributed by atoms with Crippen LogP contribution in [-0.4, -0.2) is 31.6 Å². The lowest BCUT2D eigenvalue weighted by atomic mass is 9.90. The van der Waals surface area contributed by atoms with E-state index in [4.69, 9.17) is 23.2 Å². The van der Waals surface area contributed by atoms with Crippen molar-refractivity contribution in [3.8, 4) is 0 Å².